The molecule has 0 aromatic heterocycles. The van der Waals surface area contributed by atoms with Crippen molar-refractivity contribution < 1.29 is 37.7 Å². The number of carbonyl (C=O) groups is 2. The fourth-order valence-corrected chi connectivity index (χ4v) is 3.38. The number of sulfonamides is 1. The average molecular weight is 377 g/mol. The first-order valence-electron chi connectivity index (χ1n) is 7.26. The largest absolute Gasteiger partial charge is 0.545 e. The molecule has 3 rings (SSSR count). The van der Waals surface area contributed by atoms with E-state index in [1.807, 2.05) is 0 Å². The Morgan fingerprint density at radius 2 is 1.46 bits per heavy atom. The third-order valence-electron chi connectivity index (χ3n) is 3.48. The third kappa shape index (κ3) is 3.54. The fourth-order valence-electron chi connectivity index (χ4n) is 2.33. The molecule has 0 unspecified atom stereocenters. The van der Waals surface area contributed by atoms with Gasteiger partial charge in [-0.2, -0.15) is 0 Å². The summed E-state index contributed by atoms with van der Waals surface area (Å²) in [6, 6.07) is 6.64. The zero-order valence-corrected chi connectivity index (χ0v) is 13.9. The van der Waals surface area contributed by atoms with Gasteiger partial charge in [0.2, 0.25) is 0 Å². The van der Waals surface area contributed by atoms with Crippen LogP contribution in [0.1, 0.15) is 20.7 Å². The summed E-state index contributed by atoms with van der Waals surface area (Å²) < 4.78 is 37.8. The summed E-state index contributed by atoms with van der Waals surface area (Å²) >= 11 is 0. The van der Waals surface area contributed by atoms with Gasteiger partial charge in [0.25, 0.3) is 10.0 Å². The lowest BCUT2D eigenvalue weighted by atomic mass is 10.1. The van der Waals surface area contributed by atoms with Crippen molar-refractivity contribution in [2.75, 3.05) is 17.9 Å². The van der Waals surface area contributed by atoms with Gasteiger partial charge < -0.3 is 29.3 Å². The first-order valence-corrected chi connectivity index (χ1v) is 8.75. The van der Waals surface area contributed by atoms with Crippen LogP contribution in [0, 0.1) is 0 Å². The van der Waals surface area contributed by atoms with E-state index in [4.69, 9.17) is 9.47 Å². The molecule has 1 heterocycles. The van der Waals surface area contributed by atoms with Gasteiger partial charge >= 0.3 is 0 Å². The summed E-state index contributed by atoms with van der Waals surface area (Å²) in [6.45, 7) is 0.617. The summed E-state index contributed by atoms with van der Waals surface area (Å²) in [4.78, 5) is 21.8. The van der Waals surface area contributed by atoms with Crippen LogP contribution in [0.2, 0.25) is 0 Å². The second-order valence-electron chi connectivity index (χ2n) is 5.28. The molecule has 0 saturated heterocycles. The number of nitrogens with one attached hydrogen (secondary N) is 1. The van der Waals surface area contributed by atoms with Gasteiger partial charge in [0.15, 0.2) is 11.5 Å². The molecule has 0 fully saturated rings. The number of carboxylic acid groups (broad SMARTS) is 2. The number of rotatable bonds is 5. The zero-order chi connectivity index (χ0) is 18.9. The molecular formula is C16H11NO8S-2. The van der Waals surface area contributed by atoms with E-state index in [0.29, 0.717) is 12.4 Å². The Kier molecular flexibility index (Phi) is 4.43. The highest BCUT2D eigenvalue weighted by atomic mass is 32.2. The molecule has 1 N–H and O–H groups in total. The summed E-state index contributed by atoms with van der Waals surface area (Å²) in [7, 11) is -4.14. The molecule has 0 atom stereocenters. The second kappa shape index (κ2) is 6.56. The third-order valence-corrected chi connectivity index (χ3v) is 4.86. The van der Waals surface area contributed by atoms with Gasteiger partial charge in [0.1, 0.15) is 13.2 Å². The van der Waals surface area contributed by atoms with Crippen molar-refractivity contribution in [2.24, 2.45) is 0 Å². The van der Waals surface area contributed by atoms with Crippen molar-refractivity contribution in [1.82, 2.24) is 0 Å². The van der Waals surface area contributed by atoms with Gasteiger partial charge in [-0.25, -0.2) is 8.42 Å². The van der Waals surface area contributed by atoms with Gasteiger partial charge in [0, 0.05) is 6.07 Å². The lowest BCUT2D eigenvalue weighted by Gasteiger charge is -2.19. The van der Waals surface area contributed by atoms with Crippen molar-refractivity contribution in [3.8, 4) is 11.5 Å². The molecule has 9 nitrogen and oxygen atoms in total. The van der Waals surface area contributed by atoms with Crippen LogP contribution in [0.3, 0.4) is 0 Å². The Bertz CT molecular complexity index is 967. The molecule has 1 aliphatic rings. The van der Waals surface area contributed by atoms with Gasteiger partial charge in [0.05, 0.1) is 22.5 Å². The van der Waals surface area contributed by atoms with Crippen molar-refractivity contribution >= 4 is 27.6 Å². The van der Waals surface area contributed by atoms with Crippen LogP contribution < -0.4 is 24.4 Å². The number of aromatic carboxylic acids is 2. The smallest absolute Gasteiger partial charge is 0.262 e. The molecule has 1 aliphatic heterocycles. The summed E-state index contributed by atoms with van der Waals surface area (Å²) in [5.74, 6) is -2.67. The van der Waals surface area contributed by atoms with E-state index in [0.717, 1.165) is 18.2 Å². The maximum atomic E-state index is 12.5. The topological polar surface area (TPSA) is 145 Å². The Morgan fingerprint density at radius 3 is 2.04 bits per heavy atom. The Labute approximate surface area is 147 Å². The molecule has 0 radical (unpaired) electrons. The standard InChI is InChI=1S/C16H13NO8S/c18-15(19)9-5-10(16(20)21)7-11(6-9)17-26(22,23)12-1-2-13-14(8-12)25-4-3-24-13/h1-2,5-8,17H,3-4H2,(H,18,19)(H,20,21)/p-2. The molecule has 0 bridgehead atoms. The van der Waals surface area contributed by atoms with Gasteiger partial charge in [-0.1, -0.05) is 0 Å². The minimum absolute atomic E-state index is 0.171. The molecule has 0 spiro atoms. The van der Waals surface area contributed by atoms with Crippen molar-refractivity contribution in [1.29, 1.82) is 0 Å². The minimum atomic E-state index is -4.14. The predicted molar refractivity (Wildman–Crippen MR) is 83.3 cm³/mol. The minimum Gasteiger partial charge on any atom is -0.545 e. The Hall–Kier alpha value is -3.27. The van der Waals surface area contributed by atoms with E-state index in [-0.39, 0.29) is 22.9 Å². The molecule has 0 aliphatic carbocycles. The van der Waals surface area contributed by atoms with Crippen molar-refractivity contribution in [3.63, 3.8) is 0 Å². The maximum Gasteiger partial charge on any atom is 0.262 e. The summed E-state index contributed by atoms with van der Waals surface area (Å²) in [5.41, 5.74) is -1.28. The van der Waals surface area contributed by atoms with Crippen molar-refractivity contribution in [3.05, 3.63) is 47.5 Å². The molecule has 26 heavy (non-hydrogen) atoms. The van der Waals surface area contributed by atoms with E-state index in [1.54, 1.807) is 0 Å². The van der Waals surface area contributed by atoms with Crippen LogP contribution in [-0.4, -0.2) is 33.6 Å². The van der Waals surface area contributed by atoms with Gasteiger partial charge in [-0.15, -0.1) is 0 Å². The van der Waals surface area contributed by atoms with Crippen LogP contribution in [0.25, 0.3) is 0 Å². The Morgan fingerprint density at radius 1 is 0.885 bits per heavy atom. The van der Waals surface area contributed by atoms with Crippen LogP contribution in [-0.2, 0) is 10.0 Å². The first kappa shape index (κ1) is 17.5. The van der Waals surface area contributed by atoms with E-state index < -0.39 is 33.1 Å². The molecule has 2 aromatic carbocycles. The highest BCUT2D eigenvalue weighted by Gasteiger charge is 2.20. The first-order chi connectivity index (χ1) is 12.3. The molecule has 2 aromatic rings. The number of ether oxygens (including phenoxy) is 2. The number of benzene rings is 2. The van der Waals surface area contributed by atoms with E-state index >= 15 is 0 Å². The lowest BCUT2D eigenvalue weighted by molar-refractivity contribution is -0.255. The van der Waals surface area contributed by atoms with Crippen molar-refractivity contribution in [2.45, 2.75) is 4.90 Å². The molecular weight excluding hydrogens is 366 g/mol. The maximum absolute atomic E-state index is 12.5. The Balaban J connectivity index is 1.97. The number of fused-ring (bicyclic) bond motifs is 1. The van der Waals surface area contributed by atoms with Crippen LogP contribution in [0.15, 0.2) is 41.3 Å². The number of carboxylic acids is 2. The normalized spacial score (nSPS) is 13.1. The monoisotopic (exact) mass is 377 g/mol. The quantitative estimate of drug-likeness (QED) is 0.697. The number of hydrogen-bond acceptors (Lipinski definition) is 8. The van der Waals surface area contributed by atoms with Crippen LogP contribution >= 0.6 is 0 Å². The number of hydrogen-bond donors (Lipinski definition) is 1. The van der Waals surface area contributed by atoms with Crippen LogP contribution in [0.4, 0.5) is 5.69 Å². The highest BCUT2D eigenvalue weighted by molar-refractivity contribution is 7.92. The number of carbonyl (C=O) groups excluding carboxylic acids is 2. The van der Waals surface area contributed by atoms with Gasteiger partial charge in [-0.05, 0) is 41.5 Å². The molecule has 10 heteroatoms. The van der Waals surface area contributed by atoms with E-state index in [9.17, 15) is 28.2 Å². The molecule has 0 amide bonds. The lowest BCUT2D eigenvalue weighted by Crippen LogP contribution is -2.26. The number of anilines is 1. The van der Waals surface area contributed by atoms with Gasteiger partial charge in [-0.3, -0.25) is 4.72 Å². The average Bonchev–Trinajstić information content (AvgIpc) is 2.60. The fraction of sp³-hybridized carbons (Fsp3) is 0.125. The SMILES string of the molecule is O=C([O-])c1cc(NS(=O)(=O)c2ccc3c(c2)OCCO3)cc(C(=O)[O-])c1. The summed E-state index contributed by atoms with van der Waals surface area (Å²) in [5, 5.41) is 22.0. The summed E-state index contributed by atoms with van der Waals surface area (Å²) in [6.07, 6.45) is 0. The van der Waals surface area contributed by atoms with E-state index in [2.05, 4.69) is 4.72 Å². The molecule has 136 valence electrons. The van der Waals surface area contributed by atoms with E-state index in [1.165, 1.54) is 18.2 Å². The molecule has 0 saturated carbocycles. The zero-order valence-electron chi connectivity index (χ0n) is 13.1. The predicted octanol–water partition coefficient (Wildman–Crippen LogP) is -1.01. The highest BCUT2D eigenvalue weighted by Crippen LogP contribution is 2.32. The van der Waals surface area contributed by atoms with Crippen LogP contribution in [0.5, 0.6) is 11.5 Å². The second-order valence-corrected chi connectivity index (χ2v) is 6.97.